The van der Waals surface area contributed by atoms with Crippen molar-refractivity contribution in [3.05, 3.63) is 22.6 Å². The van der Waals surface area contributed by atoms with E-state index in [1.54, 1.807) is 6.26 Å². The van der Waals surface area contributed by atoms with Crippen molar-refractivity contribution in [1.29, 1.82) is 0 Å². The Morgan fingerprint density at radius 3 is 3.00 bits per heavy atom. The fraction of sp³-hybridized carbons (Fsp3) is 0.583. The number of nitrogens with two attached hydrogens (primary N) is 1. The molecule has 0 bridgehead atoms. The number of likely N-dealkylation sites (tertiary alicyclic amines) is 1. The van der Waals surface area contributed by atoms with Crippen molar-refractivity contribution < 1.29 is 9.21 Å². The minimum absolute atomic E-state index is 0.0659. The van der Waals surface area contributed by atoms with Crippen molar-refractivity contribution in [1.82, 2.24) is 4.90 Å². The van der Waals surface area contributed by atoms with Gasteiger partial charge in [-0.25, -0.2) is 0 Å². The van der Waals surface area contributed by atoms with Gasteiger partial charge in [-0.2, -0.15) is 0 Å². The van der Waals surface area contributed by atoms with E-state index in [9.17, 15) is 4.79 Å². The Morgan fingerprint density at radius 2 is 2.41 bits per heavy atom. The minimum atomic E-state index is -0.153. The third-order valence-corrected chi connectivity index (χ3v) is 3.90. The van der Waals surface area contributed by atoms with E-state index in [-0.39, 0.29) is 18.0 Å². The molecule has 1 aliphatic heterocycles. The maximum Gasteiger partial charge on any atom is 0.223 e. The van der Waals surface area contributed by atoms with E-state index < -0.39 is 0 Å². The molecule has 0 saturated carbocycles. The van der Waals surface area contributed by atoms with Crippen LogP contribution >= 0.6 is 15.9 Å². The van der Waals surface area contributed by atoms with Gasteiger partial charge in [0, 0.05) is 19.0 Å². The van der Waals surface area contributed by atoms with Gasteiger partial charge in [-0.3, -0.25) is 4.79 Å². The van der Waals surface area contributed by atoms with Crippen molar-refractivity contribution in [3.8, 4) is 0 Å². The molecule has 2 heterocycles. The smallest absolute Gasteiger partial charge is 0.223 e. The van der Waals surface area contributed by atoms with Gasteiger partial charge in [0.1, 0.15) is 11.8 Å². The quantitative estimate of drug-likeness (QED) is 0.912. The van der Waals surface area contributed by atoms with Crippen LogP contribution in [-0.2, 0) is 4.79 Å². The molecule has 1 aromatic rings. The van der Waals surface area contributed by atoms with Crippen molar-refractivity contribution >= 4 is 21.8 Å². The summed E-state index contributed by atoms with van der Waals surface area (Å²) in [6.45, 7) is 2.63. The Balaban J connectivity index is 2.38. The Labute approximate surface area is 109 Å². The summed E-state index contributed by atoms with van der Waals surface area (Å²) >= 11 is 3.44. The zero-order chi connectivity index (χ0) is 12.4. The van der Waals surface area contributed by atoms with Gasteiger partial charge < -0.3 is 15.1 Å². The molecule has 1 aliphatic rings. The highest BCUT2D eigenvalue weighted by atomic mass is 79.9. The molecule has 1 amide bonds. The molecular formula is C12H17BrN2O2. The fourth-order valence-corrected chi connectivity index (χ4v) is 2.84. The predicted molar refractivity (Wildman–Crippen MR) is 68.4 cm³/mol. The van der Waals surface area contributed by atoms with Gasteiger partial charge in [-0.05, 0) is 41.8 Å². The summed E-state index contributed by atoms with van der Waals surface area (Å²) in [5, 5.41) is 0. The number of furan rings is 1. The average Bonchev–Trinajstić information content (AvgIpc) is 2.65. The van der Waals surface area contributed by atoms with Crippen molar-refractivity contribution in [2.45, 2.75) is 38.3 Å². The van der Waals surface area contributed by atoms with Gasteiger partial charge in [0.2, 0.25) is 5.91 Å². The lowest BCUT2D eigenvalue weighted by Gasteiger charge is -2.31. The number of rotatable bonds is 2. The summed E-state index contributed by atoms with van der Waals surface area (Å²) in [7, 11) is 0. The van der Waals surface area contributed by atoms with Gasteiger partial charge in [0.15, 0.2) is 0 Å². The molecule has 2 unspecified atom stereocenters. The molecular weight excluding hydrogens is 284 g/mol. The van der Waals surface area contributed by atoms with Crippen LogP contribution in [0.25, 0.3) is 0 Å². The molecule has 0 aromatic carbocycles. The van der Waals surface area contributed by atoms with E-state index in [1.807, 2.05) is 17.9 Å². The first-order valence-corrected chi connectivity index (χ1v) is 6.72. The lowest BCUT2D eigenvalue weighted by Crippen LogP contribution is -2.42. The van der Waals surface area contributed by atoms with Gasteiger partial charge in [-0.15, -0.1) is 0 Å². The molecule has 0 radical (unpaired) electrons. The van der Waals surface area contributed by atoms with Crippen LogP contribution in [-0.4, -0.2) is 23.4 Å². The lowest BCUT2D eigenvalue weighted by molar-refractivity contribution is -0.133. The highest BCUT2D eigenvalue weighted by Crippen LogP contribution is 2.34. The first-order chi connectivity index (χ1) is 8.15. The zero-order valence-electron chi connectivity index (χ0n) is 9.86. The molecule has 0 aliphatic carbocycles. The maximum absolute atomic E-state index is 12.0. The molecule has 1 aromatic heterocycles. The molecule has 4 nitrogen and oxygen atoms in total. The molecule has 5 heteroatoms. The van der Waals surface area contributed by atoms with Crippen LogP contribution in [0, 0.1) is 0 Å². The van der Waals surface area contributed by atoms with Crippen LogP contribution in [0.3, 0.4) is 0 Å². The number of carbonyl (C=O) groups is 1. The minimum Gasteiger partial charge on any atom is -0.466 e. The molecule has 2 atom stereocenters. The normalized spacial score (nSPS) is 26.1. The van der Waals surface area contributed by atoms with Crippen LogP contribution in [0.15, 0.2) is 21.2 Å². The topological polar surface area (TPSA) is 59.5 Å². The van der Waals surface area contributed by atoms with Crippen LogP contribution in [0.5, 0.6) is 0 Å². The van der Waals surface area contributed by atoms with Crippen LogP contribution in [0.1, 0.15) is 38.0 Å². The van der Waals surface area contributed by atoms with Crippen LogP contribution in [0.2, 0.25) is 0 Å². The highest BCUT2D eigenvalue weighted by molar-refractivity contribution is 9.10. The van der Waals surface area contributed by atoms with Gasteiger partial charge in [0.05, 0.1) is 10.7 Å². The molecule has 2 rings (SSSR count). The fourth-order valence-electron chi connectivity index (χ4n) is 2.40. The third kappa shape index (κ3) is 2.40. The highest BCUT2D eigenvalue weighted by Gasteiger charge is 2.34. The van der Waals surface area contributed by atoms with Crippen molar-refractivity contribution in [3.63, 3.8) is 0 Å². The van der Waals surface area contributed by atoms with Gasteiger partial charge in [0.25, 0.3) is 0 Å². The number of likely N-dealkylation sites (N-methyl/N-ethyl adjacent to an activating group) is 1. The summed E-state index contributed by atoms with van der Waals surface area (Å²) in [5.74, 6) is 0.920. The average molecular weight is 301 g/mol. The SMILES string of the molecule is CCN1C(=O)CCCC(N)C1c1occc1Br. The molecule has 2 N–H and O–H groups in total. The zero-order valence-corrected chi connectivity index (χ0v) is 11.4. The number of hydrogen-bond acceptors (Lipinski definition) is 3. The van der Waals surface area contributed by atoms with Crippen molar-refractivity contribution in [2.75, 3.05) is 6.54 Å². The summed E-state index contributed by atoms with van der Waals surface area (Å²) < 4.78 is 6.37. The molecule has 0 spiro atoms. The molecule has 1 fully saturated rings. The van der Waals surface area contributed by atoms with E-state index in [0.717, 1.165) is 23.1 Å². The maximum atomic E-state index is 12.0. The Kier molecular flexibility index (Phi) is 3.89. The van der Waals surface area contributed by atoms with E-state index in [2.05, 4.69) is 15.9 Å². The summed E-state index contributed by atoms with van der Waals surface area (Å²) in [6.07, 6.45) is 3.90. The number of halogens is 1. The second-order valence-electron chi connectivity index (χ2n) is 4.31. The first kappa shape index (κ1) is 12.6. The second-order valence-corrected chi connectivity index (χ2v) is 5.17. The summed E-state index contributed by atoms with van der Waals surface area (Å²) in [5.41, 5.74) is 6.19. The van der Waals surface area contributed by atoms with E-state index >= 15 is 0 Å². The summed E-state index contributed by atoms with van der Waals surface area (Å²) in [6, 6.07) is 1.62. The van der Waals surface area contributed by atoms with E-state index in [0.29, 0.717) is 13.0 Å². The number of hydrogen-bond donors (Lipinski definition) is 1. The third-order valence-electron chi connectivity index (χ3n) is 3.24. The van der Waals surface area contributed by atoms with Crippen LogP contribution in [0.4, 0.5) is 0 Å². The Bertz CT molecular complexity index is 405. The van der Waals surface area contributed by atoms with E-state index in [1.165, 1.54) is 0 Å². The van der Waals surface area contributed by atoms with Crippen LogP contribution < -0.4 is 5.73 Å². The number of carbonyl (C=O) groups excluding carboxylic acids is 1. The second kappa shape index (κ2) is 5.23. The lowest BCUT2D eigenvalue weighted by atomic mass is 10.0. The summed E-state index contributed by atoms with van der Waals surface area (Å²) in [4.78, 5) is 13.8. The molecule has 1 saturated heterocycles. The molecule has 17 heavy (non-hydrogen) atoms. The Morgan fingerprint density at radius 1 is 1.65 bits per heavy atom. The number of amides is 1. The van der Waals surface area contributed by atoms with Gasteiger partial charge in [-0.1, -0.05) is 0 Å². The standard InChI is InChI=1S/C12H17BrN2O2/c1-2-15-10(16)5-3-4-9(14)11(15)12-8(13)6-7-17-12/h6-7,9,11H,2-5,14H2,1H3. The predicted octanol–water partition coefficient (Wildman–Crippen LogP) is 2.44. The number of nitrogens with zero attached hydrogens (tertiary/aromatic N) is 1. The van der Waals surface area contributed by atoms with Crippen molar-refractivity contribution in [2.24, 2.45) is 5.73 Å². The molecule has 94 valence electrons. The first-order valence-electron chi connectivity index (χ1n) is 5.93. The largest absolute Gasteiger partial charge is 0.466 e. The Hall–Kier alpha value is -0.810. The monoisotopic (exact) mass is 300 g/mol. The van der Waals surface area contributed by atoms with E-state index in [4.69, 9.17) is 10.2 Å². The van der Waals surface area contributed by atoms with Gasteiger partial charge >= 0.3 is 0 Å².